The van der Waals surface area contributed by atoms with Gasteiger partial charge in [0, 0.05) is 12.4 Å². The minimum atomic E-state index is -0.301. The summed E-state index contributed by atoms with van der Waals surface area (Å²) >= 11 is 6.09. The maximum atomic E-state index is 12.2. The predicted molar refractivity (Wildman–Crippen MR) is 92.2 cm³/mol. The number of nitrogens with one attached hydrogen (secondary N) is 2. The Bertz CT molecular complexity index is 841. The average molecular weight is 340 g/mol. The Hall–Kier alpha value is -2.99. The smallest absolute Gasteiger partial charge is 0.270 e. The van der Waals surface area contributed by atoms with Gasteiger partial charge in [0.15, 0.2) is 0 Å². The van der Waals surface area contributed by atoms with Gasteiger partial charge in [0.1, 0.15) is 5.69 Å². The van der Waals surface area contributed by atoms with Gasteiger partial charge in [-0.3, -0.25) is 9.78 Å². The molecule has 1 amide bonds. The molecule has 0 bridgehead atoms. The molecule has 0 unspecified atom stereocenters. The van der Waals surface area contributed by atoms with Crippen molar-refractivity contribution < 1.29 is 4.79 Å². The molecule has 0 aliphatic carbocycles. The fraction of sp³-hybridized carbons (Fsp3) is 0.0588. The summed E-state index contributed by atoms with van der Waals surface area (Å²) in [4.78, 5) is 24.7. The van der Waals surface area contributed by atoms with Crippen molar-refractivity contribution in [2.45, 2.75) is 6.54 Å². The average Bonchev–Trinajstić information content (AvgIpc) is 2.63. The number of amides is 1. The minimum Gasteiger partial charge on any atom is -0.345 e. The van der Waals surface area contributed by atoms with Crippen molar-refractivity contribution in [3.8, 4) is 0 Å². The van der Waals surface area contributed by atoms with E-state index >= 15 is 0 Å². The van der Waals surface area contributed by atoms with Gasteiger partial charge in [0.2, 0.25) is 5.95 Å². The van der Waals surface area contributed by atoms with Gasteiger partial charge < -0.3 is 10.6 Å². The Labute approximate surface area is 143 Å². The lowest BCUT2D eigenvalue weighted by molar-refractivity contribution is 0.0945. The van der Waals surface area contributed by atoms with Crippen LogP contribution in [0, 0.1) is 0 Å². The van der Waals surface area contributed by atoms with Crippen molar-refractivity contribution in [2.75, 3.05) is 5.32 Å². The lowest BCUT2D eigenvalue weighted by Gasteiger charge is -2.08. The first-order chi connectivity index (χ1) is 11.7. The Balaban J connectivity index is 1.68. The molecular formula is C17H14ClN5O. The fourth-order valence-electron chi connectivity index (χ4n) is 1.99. The van der Waals surface area contributed by atoms with Gasteiger partial charge in [-0.25, -0.2) is 9.97 Å². The number of para-hydroxylation sites is 1. The third kappa shape index (κ3) is 4.05. The molecule has 0 aliphatic rings. The largest absolute Gasteiger partial charge is 0.345 e. The van der Waals surface area contributed by atoms with Gasteiger partial charge >= 0.3 is 0 Å². The number of rotatable bonds is 5. The van der Waals surface area contributed by atoms with Gasteiger partial charge in [0.25, 0.3) is 5.91 Å². The maximum Gasteiger partial charge on any atom is 0.270 e. The second kappa shape index (κ2) is 7.52. The van der Waals surface area contributed by atoms with Crippen molar-refractivity contribution in [1.82, 2.24) is 20.3 Å². The monoisotopic (exact) mass is 339 g/mol. The number of aromatic nitrogens is 3. The normalized spacial score (nSPS) is 10.2. The number of pyridine rings is 1. The van der Waals surface area contributed by atoms with E-state index < -0.39 is 0 Å². The van der Waals surface area contributed by atoms with Crippen LogP contribution in [0.2, 0.25) is 5.02 Å². The fourth-order valence-corrected chi connectivity index (χ4v) is 2.18. The highest BCUT2D eigenvalue weighted by Gasteiger charge is 2.09. The second-order valence-corrected chi connectivity index (χ2v) is 5.28. The van der Waals surface area contributed by atoms with E-state index in [1.165, 1.54) is 6.20 Å². The van der Waals surface area contributed by atoms with Gasteiger partial charge in [-0.05, 0) is 30.3 Å². The number of hydrogen-bond donors (Lipinski definition) is 2. The summed E-state index contributed by atoms with van der Waals surface area (Å²) in [6.07, 6.45) is 3.19. The first-order valence-corrected chi connectivity index (χ1v) is 7.63. The molecule has 0 saturated carbocycles. The van der Waals surface area contributed by atoms with E-state index in [-0.39, 0.29) is 11.6 Å². The van der Waals surface area contributed by atoms with E-state index in [0.29, 0.717) is 23.2 Å². The van der Waals surface area contributed by atoms with E-state index in [2.05, 4.69) is 25.6 Å². The van der Waals surface area contributed by atoms with Crippen LogP contribution in [-0.4, -0.2) is 20.9 Å². The van der Waals surface area contributed by atoms with Crippen LogP contribution in [0.5, 0.6) is 0 Å². The molecule has 120 valence electrons. The molecule has 3 rings (SSSR count). The van der Waals surface area contributed by atoms with Gasteiger partial charge in [-0.15, -0.1) is 0 Å². The quantitative estimate of drug-likeness (QED) is 0.746. The lowest BCUT2D eigenvalue weighted by Crippen LogP contribution is -2.24. The van der Waals surface area contributed by atoms with E-state index in [1.54, 1.807) is 24.4 Å². The summed E-state index contributed by atoms with van der Waals surface area (Å²) in [6, 6.07) is 14.3. The molecule has 0 saturated heterocycles. The van der Waals surface area contributed by atoms with Crippen molar-refractivity contribution in [1.29, 1.82) is 0 Å². The van der Waals surface area contributed by atoms with Crippen molar-refractivity contribution in [3.63, 3.8) is 0 Å². The maximum absolute atomic E-state index is 12.2. The number of benzene rings is 1. The number of carbonyl (C=O) groups is 1. The zero-order chi connectivity index (χ0) is 16.8. The molecule has 0 fully saturated rings. The molecular weight excluding hydrogens is 326 g/mol. The summed E-state index contributed by atoms with van der Waals surface area (Å²) in [6.45, 7) is 0.330. The second-order valence-electron chi connectivity index (χ2n) is 4.87. The highest BCUT2D eigenvalue weighted by atomic mass is 35.5. The summed E-state index contributed by atoms with van der Waals surface area (Å²) < 4.78 is 0. The topological polar surface area (TPSA) is 79.8 Å². The van der Waals surface area contributed by atoms with Crippen molar-refractivity contribution in [2.24, 2.45) is 0 Å². The van der Waals surface area contributed by atoms with Crippen LogP contribution in [0.15, 0.2) is 60.9 Å². The predicted octanol–water partition coefficient (Wildman–Crippen LogP) is 3.20. The highest BCUT2D eigenvalue weighted by molar-refractivity contribution is 6.33. The van der Waals surface area contributed by atoms with Crippen LogP contribution in [0.4, 0.5) is 11.6 Å². The third-order valence-corrected chi connectivity index (χ3v) is 3.49. The number of nitrogens with zero attached hydrogens (tertiary/aromatic N) is 3. The van der Waals surface area contributed by atoms with E-state index in [0.717, 1.165) is 5.69 Å². The van der Waals surface area contributed by atoms with Crippen LogP contribution >= 0.6 is 11.6 Å². The SMILES string of the molecule is O=C(NCc1ccccn1)c1ccnc(Nc2ccccc2Cl)n1. The Morgan fingerprint density at radius 1 is 1.00 bits per heavy atom. The lowest BCUT2D eigenvalue weighted by atomic mass is 10.3. The van der Waals surface area contributed by atoms with E-state index in [4.69, 9.17) is 11.6 Å². The molecule has 0 spiro atoms. The zero-order valence-corrected chi connectivity index (χ0v) is 13.4. The van der Waals surface area contributed by atoms with Crippen LogP contribution in [0.3, 0.4) is 0 Å². The molecule has 0 aliphatic heterocycles. The number of anilines is 2. The van der Waals surface area contributed by atoms with Crippen LogP contribution in [-0.2, 0) is 6.54 Å². The minimum absolute atomic E-state index is 0.260. The van der Waals surface area contributed by atoms with Crippen molar-refractivity contribution >= 4 is 29.1 Å². The molecule has 0 radical (unpaired) electrons. The molecule has 7 heteroatoms. The van der Waals surface area contributed by atoms with E-state index in [9.17, 15) is 4.79 Å². The summed E-state index contributed by atoms with van der Waals surface area (Å²) in [7, 11) is 0. The van der Waals surface area contributed by atoms with Crippen LogP contribution in [0.25, 0.3) is 0 Å². The molecule has 2 heterocycles. The highest BCUT2D eigenvalue weighted by Crippen LogP contribution is 2.22. The summed E-state index contributed by atoms with van der Waals surface area (Å²) in [5.41, 5.74) is 1.70. The number of carbonyl (C=O) groups excluding carboxylic acids is 1. The molecule has 6 nitrogen and oxygen atoms in total. The van der Waals surface area contributed by atoms with Crippen LogP contribution < -0.4 is 10.6 Å². The molecule has 2 aromatic heterocycles. The molecule has 0 atom stereocenters. The van der Waals surface area contributed by atoms with Gasteiger partial charge in [-0.1, -0.05) is 29.8 Å². The zero-order valence-electron chi connectivity index (χ0n) is 12.6. The first kappa shape index (κ1) is 15.9. The molecule has 24 heavy (non-hydrogen) atoms. The molecule has 2 N–H and O–H groups in total. The third-order valence-electron chi connectivity index (χ3n) is 3.16. The standard InChI is InChI=1S/C17H14ClN5O/c18-13-6-1-2-7-14(13)22-17-20-10-8-15(23-17)16(24)21-11-12-5-3-4-9-19-12/h1-10H,11H2,(H,21,24)(H,20,22,23). The molecule has 1 aromatic carbocycles. The number of halogens is 1. The summed E-state index contributed by atoms with van der Waals surface area (Å²) in [5, 5.41) is 6.31. The van der Waals surface area contributed by atoms with Crippen molar-refractivity contribution in [3.05, 3.63) is 77.3 Å². The number of hydrogen-bond acceptors (Lipinski definition) is 5. The van der Waals surface area contributed by atoms with Crippen LogP contribution in [0.1, 0.15) is 16.2 Å². The first-order valence-electron chi connectivity index (χ1n) is 7.25. The van der Waals surface area contributed by atoms with Gasteiger partial charge in [0.05, 0.1) is 22.9 Å². The Morgan fingerprint density at radius 3 is 2.62 bits per heavy atom. The molecule has 3 aromatic rings. The summed E-state index contributed by atoms with van der Waals surface area (Å²) in [5.74, 6) is -0.00107. The van der Waals surface area contributed by atoms with E-state index in [1.807, 2.05) is 30.3 Å². The van der Waals surface area contributed by atoms with Gasteiger partial charge in [-0.2, -0.15) is 0 Å². The Kier molecular flexibility index (Phi) is 4.98. The Morgan fingerprint density at radius 2 is 1.83 bits per heavy atom.